The quantitative estimate of drug-likeness (QED) is 0.843. The molecular weight excluding hydrogens is 316 g/mol. The Hall–Kier alpha value is -1.55. The summed E-state index contributed by atoms with van der Waals surface area (Å²) in [7, 11) is 0. The number of halogens is 1. The molecule has 1 saturated heterocycles. The Morgan fingerprint density at radius 2 is 1.90 bits per heavy atom. The maximum absolute atomic E-state index is 12.6. The first-order valence-corrected chi connectivity index (χ1v) is 7.70. The zero-order valence-corrected chi connectivity index (χ0v) is 12.8. The standard InChI is InChI=1S/C16H17BrN2O/c17-14-7-5-13(6-8-14)16(20)19-11-3-4-15(19)12-18-9-1-2-10-18/h1-2,5-10,15H,3-4,11-12H2. The molecule has 1 unspecified atom stereocenters. The molecule has 1 aliphatic rings. The van der Waals surface area contributed by atoms with Crippen LogP contribution in [0, 0.1) is 0 Å². The fourth-order valence-electron chi connectivity index (χ4n) is 2.79. The smallest absolute Gasteiger partial charge is 0.254 e. The molecule has 1 aromatic heterocycles. The highest BCUT2D eigenvalue weighted by Gasteiger charge is 2.29. The van der Waals surface area contributed by atoms with Gasteiger partial charge in [0.2, 0.25) is 0 Å². The van der Waals surface area contributed by atoms with Crippen LogP contribution in [0.2, 0.25) is 0 Å². The van der Waals surface area contributed by atoms with E-state index in [1.807, 2.05) is 41.3 Å². The Morgan fingerprint density at radius 3 is 2.60 bits per heavy atom. The number of carbonyl (C=O) groups is 1. The van der Waals surface area contributed by atoms with E-state index in [9.17, 15) is 4.79 Å². The van der Waals surface area contributed by atoms with Crippen LogP contribution in [0.1, 0.15) is 23.2 Å². The van der Waals surface area contributed by atoms with Crippen LogP contribution in [0.15, 0.2) is 53.3 Å². The van der Waals surface area contributed by atoms with Crippen LogP contribution in [0.25, 0.3) is 0 Å². The average molecular weight is 333 g/mol. The van der Waals surface area contributed by atoms with Gasteiger partial charge < -0.3 is 9.47 Å². The lowest BCUT2D eigenvalue weighted by Crippen LogP contribution is -2.37. The molecule has 0 radical (unpaired) electrons. The second-order valence-electron chi connectivity index (χ2n) is 5.18. The molecule has 20 heavy (non-hydrogen) atoms. The van der Waals surface area contributed by atoms with Crippen molar-refractivity contribution in [3.05, 3.63) is 58.8 Å². The van der Waals surface area contributed by atoms with Crippen molar-refractivity contribution in [3.63, 3.8) is 0 Å². The number of hydrogen-bond donors (Lipinski definition) is 0. The minimum atomic E-state index is 0.146. The van der Waals surface area contributed by atoms with E-state index in [4.69, 9.17) is 0 Å². The van der Waals surface area contributed by atoms with Gasteiger partial charge in [-0.15, -0.1) is 0 Å². The zero-order valence-electron chi connectivity index (χ0n) is 11.2. The normalized spacial score (nSPS) is 18.4. The fourth-order valence-corrected chi connectivity index (χ4v) is 3.05. The minimum absolute atomic E-state index is 0.146. The molecule has 1 aliphatic heterocycles. The molecule has 0 saturated carbocycles. The Bertz CT molecular complexity index is 577. The van der Waals surface area contributed by atoms with Gasteiger partial charge in [-0.3, -0.25) is 4.79 Å². The third-order valence-corrected chi connectivity index (χ3v) is 4.35. The highest BCUT2D eigenvalue weighted by atomic mass is 79.9. The topological polar surface area (TPSA) is 25.2 Å². The molecule has 3 nitrogen and oxygen atoms in total. The minimum Gasteiger partial charge on any atom is -0.352 e. The van der Waals surface area contributed by atoms with Gasteiger partial charge in [-0.2, -0.15) is 0 Å². The van der Waals surface area contributed by atoms with Gasteiger partial charge in [0, 0.05) is 41.6 Å². The highest BCUT2D eigenvalue weighted by molar-refractivity contribution is 9.10. The van der Waals surface area contributed by atoms with Gasteiger partial charge in [0.15, 0.2) is 0 Å². The van der Waals surface area contributed by atoms with E-state index in [1.165, 1.54) is 0 Å². The van der Waals surface area contributed by atoms with E-state index in [-0.39, 0.29) is 5.91 Å². The first-order chi connectivity index (χ1) is 9.74. The summed E-state index contributed by atoms with van der Waals surface area (Å²) in [6.07, 6.45) is 6.29. The number of likely N-dealkylation sites (tertiary alicyclic amines) is 1. The Morgan fingerprint density at radius 1 is 1.20 bits per heavy atom. The lowest BCUT2D eigenvalue weighted by molar-refractivity contribution is 0.0724. The molecule has 0 N–H and O–H groups in total. The van der Waals surface area contributed by atoms with Crippen molar-refractivity contribution in [2.24, 2.45) is 0 Å². The predicted molar refractivity (Wildman–Crippen MR) is 82.6 cm³/mol. The van der Waals surface area contributed by atoms with Gasteiger partial charge in [0.05, 0.1) is 0 Å². The summed E-state index contributed by atoms with van der Waals surface area (Å²) in [4.78, 5) is 14.6. The predicted octanol–water partition coefficient (Wildman–Crippen LogP) is 3.56. The largest absolute Gasteiger partial charge is 0.352 e. The Balaban J connectivity index is 1.74. The fraction of sp³-hybridized carbons (Fsp3) is 0.312. The molecule has 1 atom stereocenters. The van der Waals surface area contributed by atoms with Gasteiger partial charge in [0.25, 0.3) is 5.91 Å². The molecule has 0 spiro atoms. The summed E-state index contributed by atoms with van der Waals surface area (Å²) in [6, 6.07) is 12.0. The van der Waals surface area contributed by atoms with Crippen molar-refractivity contribution >= 4 is 21.8 Å². The molecule has 4 heteroatoms. The van der Waals surface area contributed by atoms with Crippen LogP contribution in [0.5, 0.6) is 0 Å². The number of rotatable bonds is 3. The molecule has 104 valence electrons. The summed E-state index contributed by atoms with van der Waals surface area (Å²) in [5.41, 5.74) is 0.771. The Kier molecular flexibility index (Phi) is 3.92. The third kappa shape index (κ3) is 2.80. The second kappa shape index (κ2) is 5.83. The van der Waals surface area contributed by atoms with Crippen LogP contribution < -0.4 is 0 Å². The molecule has 1 aromatic carbocycles. The first kappa shape index (κ1) is 13.4. The van der Waals surface area contributed by atoms with Gasteiger partial charge in [-0.1, -0.05) is 15.9 Å². The van der Waals surface area contributed by atoms with Crippen molar-refractivity contribution < 1.29 is 4.79 Å². The van der Waals surface area contributed by atoms with Crippen LogP contribution in [-0.4, -0.2) is 28.0 Å². The zero-order chi connectivity index (χ0) is 13.9. The summed E-state index contributed by atoms with van der Waals surface area (Å²) in [5.74, 6) is 0.146. The highest BCUT2D eigenvalue weighted by Crippen LogP contribution is 2.22. The molecule has 2 aromatic rings. The van der Waals surface area contributed by atoms with Crippen molar-refractivity contribution in [2.75, 3.05) is 6.54 Å². The van der Waals surface area contributed by atoms with E-state index in [1.54, 1.807) is 0 Å². The van der Waals surface area contributed by atoms with Gasteiger partial charge >= 0.3 is 0 Å². The van der Waals surface area contributed by atoms with E-state index in [0.29, 0.717) is 6.04 Å². The maximum atomic E-state index is 12.6. The summed E-state index contributed by atoms with van der Waals surface area (Å²) in [6.45, 7) is 1.75. The third-order valence-electron chi connectivity index (χ3n) is 3.82. The van der Waals surface area contributed by atoms with E-state index < -0.39 is 0 Å². The number of aromatic nitrogens is 1. The average Bonchev–Trinajstić information content (AvgIpc) is 3.11. The molecule has 0 aliphatic carbocycles. The molecule has 0 bridgehead atoms. The molecule has 2 heterocycles. The number of nitrogens with zero attached hydrogens (tertiary/aromatic N) is 2. The lowest BCUT2D eigenvalue weighted by atomic mass is 10.1. The first-order valence-electron chi connectivity index (χ1n) is 6.91. The SMILES string of the molecule is O=C(c1ccc(Br)cc1)N1CCCC1Cn1cccc1. The van der Waals surface area contributed by atoms with Crippen LogP contribution in [0.4, 0.5) is 0 Å². The van der Waals surface area contributed by atoms with Gasteiger partial charge in [-0.25, -0.2) is 0 Å². The van der Waals surface area contributed by atoms with Crippen LogP contribution >= 0.6 is 15.9 Å². The van der Waals surface area contributed by atoms with Crippen LogP contribution in [0.3, 0.4) is 0 Å². The number of amides is 1. The van der Waals surface area contributed by atoms with Crippen molar-refractivity contribution in [3.8, 4) is 0 Å². The Labute approximate surface area is 127 Å². The molecular formula is C16H17BrN2O. The number of benzene rings is 1. The lowest BCUT2D eigenvalue weighted by Gasteiger charge is -2.25. The number of hydrogen-bond acceptors (Lipinski definition) is 1. The molecule has 1 fully saturated rings. The van der Waals surface area contributed by atoms with Crippen molar-refractivity contribution in [2.45, 2.75) is 25.4 Å². The van der Waals surface area contributed by atoms with Gasteiger partial charge in [-0.05, 0) is 49.2 Å². The van der Waals surface area contributed by atoms with Crippen molar-refractivity contribution in [1.29, 1.82) is 0 Å². The van der Waals surface area contributed by atoms with E-state index in [2.05, 4.69) is 32.9 Å². The molecule has 3 rings (SSSR count). The summed E-state index contributed by atoms with van der Waals surface area (Å²) in [5, 5.41) is 0. The maximum Gasteiger partial charge on any atom is 0.254 e. The van der Waals surface area contributed by atoms with Gasteiger partial charge in [0.1, 0.15) is 0 Å². The monoisotopic (exact) mass is 332 g/mol. The second-order valence-corrected chi connectivity index (χ2v) is 6.10. The summed E-state index contributed by atoms with van der Waals surface area (Å²) >= 11 is 3.40. The van der Waals surface area contributed by atoms with E-state index >= 15 is 0 Å². The van der Waals surface area contributed by atoms with E-state index in [0.717, 1.165) is 36.0 Å². The summed E-state index contributed by atoms with van der Waals surface area (Å²) < 4.78 is 3.15. The number of carbonyl (C=O) groups excluding carboxylic acids is 1. The molecule has 1 amide bonds. The van der Waals surface area contributed by atoms with Crippen molar-refractivity contribution in [1.82, 2.24) is 9.47 Å². The van der Waals surface area contributed by atoms with Crippen LogP contribution in [-0.2, 0) is 6.54 Å².